The summed E-state index contributed by atoms with van der Waals surface area (Å²) in [6.45, 7) is 7.34. The third-order valence-corrected chi connectivity index (χ3v) is 3.18. The van der Waals surface area contributed by atoms with Gasteiger partial charge in [0, 0.05) is 46.0 Å². The summed E-state index contributed by atoms with van der Waals surface area (Å²) in [7, 11) is 1.90. The molecule has 6 heteroatoms. The van der Waals surface area contributed by atoms with Crippen molar-refractivity contribution in [3.05, 3.63) is 11.9 Å². The van der Waals surface area contributed by atoms with E-state index < -0.39 is 0 Å². The van der Waals surface area contributed by atoms with Crippen molar-refractivity contribution in [3.63, 3.8) is 0 Å². The van der Waals surface area contributed by atoms with Crippen molar-refractivity contribution in [1.29, 1.82) is 0 Å². The zero-order valence-corrected chi connectivity index (χ0v) is 10.5. The molecule has 0 spiro atoms. The number of rotatable bonds is 5. The summed E-state index contributed by atoms with van der Waals surface area (Å²) in [4.78, 5) is 4.92. The van der Waals surface area contributed by atoms with Crippen LogP contribution in [0.1, 0.15) is 12.1 Å². The monoisotopic (exact) mass is 238 g/mol. The highest BCUT2D eigenvalue weighted by Gasteiger charge is 2.17. The van der Waals surface area contributed by atoms with E-state index in [4.69, 9.17) is 5.73 Å². The van der Waals surface area contributed by atoms with Crippen molar-refractivity contribution in [2.24, 2.45) is 12.8 Å². The molecule has 0 saturated carbocycles. The number of hydrogen-bond acceptors (Lipinski definition) is 5. The van der Waals surface area contributed by atoms with E-state index in [-0.39, 0.29) is 0 Å². The zero-order valence-electron chi connectivity index (χ0n) is 10.5. The van der Waals surface area contributed by atoms with Crippen LogP contribution in [0.3, 0.4) is 0 Å². The standard InChI is InChI=1S/C11H22N6/c1-15-9-11(13-14-15)10-17-7-5-16(6-8-17)4-2-3-12/h9H,2-8,10,12H2,1H3. The van der Waals surface area contributed by atoms with Crippen LogP contribution in [0, 0.1) is 0 Å². The second-order valence-corrected chi connectivity index (χ2v) is 4.64. The van der Waals surface area contributed by atoms with Crippen molar-refractivity contribution in [2.45, 2.75) is 13.0 Å². The SMILES string of the molecule is Cn1cc(CN2CCN(CCCN)CC2)nn1. The van der Waals surface area contributed by atoms with Gasteiger partial charge in [-0.2, -0.15) is 0 Å². The summed E-state index contributed by atoms with van der Waals surface area (Å²) in [5.74, 6) is 0. The first-order chi connectivity index (χ1) is 8.28. The van der Waals surface area contributed by atoms with E-state index in [1.165, 1.54) is 0 Å². The van der Waals surface area contributed by atoms with Gasteiger partial charge in [-0.25, -0.2) is 0 Å². The Morgan fingerprint density at radius 1 is 1.24 bits per heavy atom. The Morgan fingerprint density at radius 3 is 2.53 bits per heavy atom. The molecule has 1 saturated heterocycles. The van der Waals surface area contributed by atoms with Gasteiger partial charge in [0.2, 0.25) is 0 Å². The molecule has 2 rings (SSSR count). The molecule has 0 aromatic carbocycles. The predicted octanol–water partition coefficient (Wildman–Crippen LogP) is -0.718. The van der Waals surface area contributed by atoms with Gasteiger partial charge >= 0.3 is 0 Å². The van der Waals surface area contributed by atoms with E-state index in [9.17, 15) is 0 Å². The first kappa shape index (κ1) is 12.5. The Labute approximate surface area is 102 Å². The minimum Gasteiger partial charge on any atom is -0.330 e. The highest BCUT2D eigenvalue weighted by molar-refractivity contribution is 4.92. The Kier molecular flexibility index (Phi) is 4.47. The molecule has 0 amide bonds. The summed E-state index contributed by atoms with van der Waals surface area (Å²) in [6.07, 6.45) is 3.09. The zero-order chi connectivity index (χ0) is 12.1. The van der Waals surface area contributed by atoms with Crippen molar-refractivity contribution in [1.82, 2.24) is 24.8 Å². The summed E-state index contributed by atoms with van der Waals surface area (Å²) in [5.41, 5.74) is 6.58. The van der Waals surface area contributed by atoms with Gasteiger partial charge in [-0.15, -0.1) is 5.10 Å². The number of nitrogens with two attached hydrogens (primary N) is 1. The Morgan fingerprint density at radius 2 is 1.94 bits per heavy atom. The number of hydrogen-bond donors (Lipinski definition) is 1. The van der Waals surface area contributed by atoms with Crippen LogP contribution in [0.4, 0.5) is 0 Å². The molecule has 0 bridgehead atoms. The Bertz CT molecular complexity index is 328. The highest BCUT2D eigenvalue weighted by Crippen LogP contribution is 2.06. The molecule has 0 radical (unpaired) electrons. The first-order valence-corrected chi connectivity index (χ1v) is 6.28. The molecule has 1 aromatic heterocycles. The lowest BCUT2D eigenvalue weighted by Crippen LogP contribution is -2.46. The maximum atomic E-state index is 5.52. The van der Waals surface area contributed by atoms with Crippen molar-refractivity contribution < 1.29 is 0 Å². The predicted molar refractivity (Wildman–Crippen MR) is 66.4 cm³/mol. The lowest BCUT2D eigenvalue weighted by molar-refractivity contribution is 0.125. The molecule has 6 nitrogen and oxygen atoms in total. The molecule has 1 aliphatic heterocycles. The molecular weight excluding hydrogens is 216 g/mol. The highest BCUT2D eigenvalue weighted by atomic mass is 15.4. The average molecular weight is 238 g/mol. The van der Waals surface area contributed by atoms with Crippen LogP contribution in [0.25, 0.3) is 0 Å². The fourth-order valence-corrected chi connectivity index (χ4v) is 2.18. The molecule has 96 valence electrons. The van der Waals surface area contributed by atoms with Gasteiger partial charge in [0.15, 0.2) is 0 Å². The largest absolute Gasteiger partial charge is 0.330 e. The van der Waals surface area contributed by atoms with E-state index in [0.717, 1.165) is 57.9 Å². The number of nitrogens with zero attached hydrogens (tertiary/aromatic N) is 5. The van der Waals surface area contributed by atoms with Gasteiger partial charge < -0.3 is 10.6 Å². The second-order valence-electron chi connectivity index (χ2n) is 4.64. The molecule has 2 N–H and O–H groups in total. The van der Waals surface area contributed by atoms with Crippen molar-refractivity contribution in [3.8, 4) is 0 Å². The van der Waals surface area contributed by atoms with Gasteiger partial charge in [-0.1, -0.05) is 5.21 Å². The molecule has 1 fully saturated rings. The molecule has 0 unspecified atom stereocenters. The molecule has 17 heavy (non-hydrogen) atoms. The quantitative estimate of drug-likeness (QED) is 0.733. The Hall–Kier alpha value is -0.980. The fraction of sp³-hybridized carbons (Fsp3) is 0.818. The third kappa shape index (κ3) is 3.76. The summed E-state index contributed by atoms with van der Waals surface area (Å²) in [5, 5.41) is 8.07. The van der Waals surface area contributed by atoms with Crippen LogP contribution in [0.5, 0.6) is 0 Å². The van der Waals surface area contributed by atoms with Gasteiger partial charge in [0.05, 0.1) is 5.69 Å². The number of piperazine rings is 1. The maximum Gasteiger partial charge on any atom is 0.0967 e. The smallest absolute Gasteiger partial charge is 0.0967 e. The van der Waals surface area contributed by atoms with Crippen LogP contribution in [-0.2, 0) is 13.6 Å². The van der Waals surface area contributed by atoms with Gasteiger partial charge in [0.25, 0.3) is 0 Å². The molecule has 0 aliphatic carbocycles. The topological polar surface area (TPSA) is 63.2 Å². The summed E-state index contributed by atoms with van der Waals surface area (Å²) < 4.78 is 1.76. The maximum absolute atomic E-state index is 5.52. The van der Waals surface area contributed by atoms with E-state index in [1.807, 2.05) is 13.2 Å². The second kappa shape index (κ2) is 6.09. The lowest BCUT2D eigenvalue weighted by atomic mass is 10.2. The third-order valence-electron chi connectivity index (χ3n) is 3.18. The molecule has 1 aromatic rings. The fourth-order valence-electron chi connectivity index (χ4n) is 2.18. The minimum absolute atomic E-state index is 0.791. The lowest BCUT2D eigenvalue weighted by Gasteiger charge is -2.34. The molecule has 2 heterocycles. The van der Waals surface area contributed by atoms with Crippen LogP contribution < -0.4 is 5.73 Å². The van der Waals surface area contributed by atoms with Crippen LogP contribution in [0.15, 0.2) is 6.20 Å². The van der Waals surface area contributed by atoms with Gasteiger partial charge in [0.1, 0.15) is 0 Å². The normalized spacial score (nSPS) is 18.7. The van der Waals surface area contributed by atoms with Crippen LogP contribution >= 0.6 is 0 Å². The molecular formula is C11H22N6. The number of aromatic nitrogens is 3. The van der Waals surface area contributed by atoms with Gasteiger partial charge in [-0.3, -0.25) is 9.58 Å². The van der Waals surface area contributed by atoms with Crippen molar-refractivity contribution in [2.75, 3.05) is 39.3 Å². The minimum atomic E-state index is 0.791. The van der Waals surface area contributed by atoms with Gasteiger partial charge in [-0.05, 0) is 19.5 Å². The number of aryl methyl sites for hydroxylation is 1. The van der Waals surface area contributed by atoms with E-state index in [2.05, 4.69) is 20.1 Å². The molecule has 1 aliphatic rings. The van der Waals surface area contributed by atoms with E-state index in [1.54, 1.807) is 4.68 Å². The van der Waals surface area contributed by atoms with E-state index in [0.29, 0.717) is 0 Å². The molecule has 0 atom stereocenters. The first-order valence-electron chi connectivity index (χ1n) is 6.28. The van der Waals surface area contributed by atoms with Crippen molar-refractivity contribution >= 4 is 0 Å². The van der Waals surface area contributed by atoms with E-state index >= 15 is 0 Å². The summed E-state index contributed by atoms with van der Waals surface area (Å²) >= 11 is 0. The van der Waals surface area contributed by atoms with Crippen LogP contribution in [-0.4, -0.2) is 64.1 Å². The summed E-state index contributed by atoms with van der Waals surface area (Å²) in [6, 6.07) is 0. The Balaban J connectivity index is 1.72. The average Bonchev–Trinajstić information content (AvgIpc) is 2.74. The van der Waals surface area contributed by atoms with Crippen LogP contribution in [0.2, 0.25) is 0 Å².